The van der Waals surface area contributed by atoms with E-state index in [1.807, 2.05) is 27.1 Å². The maximum Gasteiger partial charge on any atom is 0.222 e. The Bertz CT molecular complexity index is 332. The molecule has 0 aliphatic heterocycles. The van der Waals surface area contributed by atoms with E-state index in [0.29, 0.717) is 6.42 Å². The van der Waals surface area contributed by atoms with Crippen molar-refractivity contribution in [1.82, 2.24) is 15.1 Å². The Kier molecular flexibility index (Phi) is 3.85. The Morgan fingerprint density at radius 3 is 2.80 bits per heavy atom. The summed E-state index contributed by atoms with van der Waals surface area (Å²) >= 11 is 0. The van der Waals surface area contributed by atoms with Gasteiger partial charge in [-0.1, -0.05) is 0 Å². The van der Waals surface area contributed by atoms with Crippen molar-refractivity contribution in [2.75, 3.05) is 0 Å². The number of amides is 1. The molecule has 0 aliphatic carbocycles. The minimum Gasteiger partial charge on any atom is -0.349 e. The number of aryl methyl sites for hydroxylation is 1. The number of hydrogen-bond acceptors (Lipinski definition) is 3. The van der Waals surface area contributed by atoms with E-state index >= 15 is 0 Å². The van der Waals surface area contributed by atoms with E-state index in [1.54, 1.807) is 10.9 Å². The maximum atomic E-state index is 11.4. The van der Waals surface area contributed by atoms with Crippen molar-refractivity contribution < 1.29 is 4.79 Å². The smallest absolute Gasteiger partial charge is 0.222 e. The Balaban J connectivity index is 2.48. The van der Waals surface area contributed by atoms with Crippen molar-refractivity contribution in [3.8, 4) is 0 Å². The highest BCUT2D eigenvalue weighted by Crippen LogP contribution is 2.10. The average Bonchev–Trinajstić information content (AvgIpc) is 2.49. The first-order valence-corrected chi connectivity index (χ1v) is 5.02. The van der Waals surface area contributed by atoms with Crippen molar-refractivity contribution in [1.29, 1.82) is 0 Å². The molecule has 5 heteroatoms. The first-order valence-electron chi connectivity index (χ1n) is 5.02. The molecule has 1 rings (SSSR count). The van der Waals surface area contributed by atoms with Crippen LogP contribution in [0, 0.1) is 0 Å². The third-order valence-corrected chi connectivity index (χ3v) is 2.11. The molecule has 0 saturated carbocycles. The van der Waals surface area contributed by atoms with Crippen LogP contribution >= 0.6 is 0 Å². The van der Waals surface area contributed by atoms with E-state index in [1.165, 1.54) is 0 Å². The second kappa shape index (κ2) is 4.93. The summed E-state index contributed by atoms with van der Waals surface area (Å²) in [4.78, 5) is 11.4. The van der Waals surface area contributed by atoms with Crippen LogP contribution in [-0.2, 0) is 11.8 Å². The topological polar surface area (TPSA) is 72.9 Å². The number of nitrogens with two attached hydrogens (primary N) is 1. The van der Waals surface area contributed by atoms with Crippen molar-refractivity contribution in [2.24, 2.45) is 12.8 Å². The van der Waals surface area contributed by atoms with E-state index in [-0.39, 0.29) is 18.0 Å². The van der Waals surface area contributed by atoms with Gasteiger partial charge in [-0.2, -0.15) is 5.10 Å². The third-order valence-electron chi connectivity index (χ3n) is 2.11. The zero-order valence-corrected chi connectivity index (χ0v) is 9.40. The number of carbonyl (C=O) groups is 1. The third kappa shape index (κ3) is 3.71. The van der Waals surface area contributed by atoms with Crippen LogP contribution in [0.2, 0.25) is 0 Å². The van der Waals surface area contributed by atoms with E-state index in [0.717, 1.165) is 5.56 Å². The predicted molar refractivity (Wildman–Crippen MR) is 58.0 cm³/mol. The molecule has 2 atom stereocenters. The quantitative estimate of drug-likeness (QED) is 0.752. The van der Waals surface area contributed by atoms with Crippen LogP contribution in [0.5, 0.6) is 0 Å². The van der Waals surface area contributed by atoms with Crippen molar-refractivity contribution >= 4 is 5.91 Å². The van der Waals surface area contributed by atoms with Gasteiger partial charge < -0.3 is 11.1 Å². The lowest BCUT2D eigenvalue weighted by atomic mass is 10.1. The molecular formula is C10H18N4O. The number of rotatable bonds is 4. The number of aromatic nitrogens is 2. The first-order chi connectivity index (χ1) is 6.99. The fourth-order valence-corrected chi connectivity index (χ4v) is 1.34. The molecule has 5 nitrogen and oxygen atoms in total. The van der Waals surface area contributed by atoms with Crippen LogP contribution in [0.1, 0.15) is 31.9 Å². The summed E-state index contributed by atoms with van der Waals surface area (Å²) in [6.07, 6.45) is 3.98. The summed E-state index contributed by atoms with van der Waals surface area (Å²) in [5.74, 6) is -0.0265. The molecule has 0 fully saturated rings. The first kappa shape index (κ1) is 11.7. The van der Waals surface area contributed by atoms with E-state index in [2.05, 4.69) is 10.4 Å². The fraction of sp³-hybridized carbons (Fsp3) is 0.600. The average molecular weight is 210 g/mol. The fourth-order valence-electron chi connectivity index (χ4n) is 1.34. The van der Waals surface area contributed by atoms with E-state index in [4.69, 9.17) is 5.73 Å². The molecule has 84 valence electrons. The minimum absolute atomic E-state index is 0.0232. The second-order valence-corrected chi connectivity index (χ2v) is 3.92. The molecule has 1 amide bonds. The lowest BCUT2D eigenvalue weighted by molar-refractivity contribution is -0.122. The second-order valence-electron chi connectivity index (χ2n) is 3.92. The van der Waals surface area contributed by atoms with Gasteiger partial charge >= 0.3 is 0 Å². The SMILES string of the molecule is CC(N)CC(=O)NC(C)c1cnn(C)c1. The van der Waals surface area contributed by atoms with Gasteiger partial charge in [0.25, 0.3) is 0 Å². The standard InChI is InChI=1S/C10H18N4O/c1-7(11)4-10(15)13-8(2)9-5-12-14(3)6-9/h5-8H,4,11H2,1-3H3,(H,13,15). The van der Waals surface area contributed by atoms with Crippen molar-refractivity contribution in [3.63, 3.8) is 0 Å². The van der Waals surface area contributed by atoms with E-state index < -0.39 is 0 Å². The largest absolute Gasteiger partial charge is 0.349 e. The minimum atomic E-state index is -0.105. The zero-order valence-electron chi connectivity index (χ0n) is 9.40. The molecule has 15 heavy (non-hydrogen) atoms. The summed E-state index contributed by atoms with van der Waals surface area (Å²) < 4.78 is 1.71. The summed E-state index contributed by atoms with van der Waals surface area (Å²) in [5, 5.41) is 6.92. The van der Waals surface area contributed by atoms with Gasteiger partial charge in [-0.05, 0) is 13.8 Å². The molecule has 1 aromatic heterocycles. The Hall–Kier alpha value is -1.36. The predicted octanol–water partition coefficient (Wildman–Crippen LogP) is 0.335. The molecule has 3 N–H and O–H groups in total. The summed E-state index contributed by atoms with van der Waals surface area (Å²) in [6, 6.07) is -0.129. The highest BCUT2D eigenvalue weighted by atomic mass is 16.1. The molecule has 0 saturated heterocycles. The Morgan fingerprint density at radius 1 is 1.67 bits per heavy atom. The highest BCUT2D eigenvalue weighted by molar-refractivity contribution is 5.76. The van der Waals surface area contributed by atoms with Gasteiger partial charge in [0, 0.05) is 31.3 Å². The van der Waals surface area contributed by atoms with Gasteiger partial charge in [-0.25, -0.2) is 0 Å². The highest BCUT2D eigenvalue weighted by Gasteiger charge is 2.11. The molecule has 1 heterocycles. The molecular weight excluding hydrogens is 192 g/mol. The number of carbonyl (C=O) groups excluding carboxylic acids is 1. The molecule has 0 spiro atoms. The molecule has 0 aliphatic rings. The Morgan fingerprint density at radius 2 is 2.33 bits per heavy atom. The van der Waals surface area contributed by atoms with Gasteiger partial charge in [0.15, 0.2) is 0 Å². The van der Waals surface area contributed by atoms with Gasteiger partial charge in [-0.15, -0.1) is 0 Å². The molecule has 0 aromatic carbocycles. The van der Waals surface area contributed by atoms with Crippen molar-refractivity contribution in [2.45, 2.75) is 32.4 Å². The zero-order chi connectivity index (χ0) is 11.4. The Labute approximate surface area is 89.6 Å². The summed E-state index contributed by atoms with van der Waals surface area (Å²) in [6.45, 7) is 3.74. The summed E-state index contributed by atoms with van der Waals surface area (Å²) in [5.41, 5.74) is 6.53. The lowest BCUT2D eigenvalue weighted by Gasteiger charge is -2.13. The van der Waals surface area contributed by atoms with Crippen LogP contribution in [0.4, 0.5) is 0 Å². The van der Waals surface area contributed by atoms with Crippen molar-refractivity contribution in [3.05, 3.63) is 18.0 Å². The molecule has 0 bridgehead atoms. The monoisotopic (exact) mass is 210 g/mol. The maximum absolute atomic E-state index is 11.4. The van der Waals surface area contributed by atoms with Crippen LogP contribution in [-0.4, -0.2) is 21.7 Å². The number of nitrogens with one attached hydrogen (secondary N) is 1. The normalized spacial score (nSPS) is 14.7. The number of hydrogen-bond donors (Lipinski definition) is 2. The van der Waals surface area contributed by atoms with Crippen LogP contribution in [0.25, 0.3) is 0 Å². The molecule has 1 aromatic rings. The van der Waals surface area contributed by atoms with Gasteiger partial charge in [-0.3, -0.25) is 9.48 Å². The summed E-state index contributed by atoms with van der Waals surface area (Å²) in [7, 11) is 1.85. The molecule has 0 radical (unpaired) electrons. The van der Waals surface area contributed by atoms with Gasteiger partial charge in [0.2, 0.25) is 5.91 Å². The lowest BCUT2D eigenvalue weighted by Crippen LogP contribution is -2.31. The van der Waals surface area contributed by atoms with Gasteiger partial charge in [0.05, 0.1) is 12.2 Å². The van der Waals surface area contributed by atoms with Crippen LogP contribution in [0.15, 0.2) is 12.4 Å². The van der Waals surface area contributed by atoms with E-state index in [9.17, 15) is 4.79 Å². The molecule has 2 unspecified atom stereocenters. The van der Waals surface area contributed by atoms with Crippen LogP contribution < -0.4 is 11.1 Å². The van der Waals surface area contributed by atoms with Gasteiger partial charge in [0.1, 0.15) is 0 Å². The number of nitrogens with zero attached hydrogens (tertiary/aromatic N) is 2. The van der Waals surface area contributed by atoms with Crippen LogP contribution in [0.3, 0.4) is 0 Å².